The van der Waals surface area contributed by atoms with Crippen LogP contribution in [0.1, 0.15) is 24.5 Å². The summed E-state index contributed by atoms with van der Waals surface area (Å²) in [5.41, 5.74) is 2.09. The van der Waals surface area contributed by atoms with Crippen molar-refractivity contribution in [2.24, 2.45) is 0 Å². The summed E-state index contributed by atoms with van der Waals surface area (Å²) < 4.78 is 12.7. The molecular weight excluding hydrogens is 334 g/mol. The lowest BCUT2D eigenvalue weighted by Gasteiger charge is -2.10. The number of fused-ring (bicyclic) bond motifs is 3. The van der Waals surface area contributed by atoms with Crippen LogP contribution in [0.5, 0.6) is 5.75 Å². The van der Waals surface area contributed by atoms with Crippen molar-refractivity contribution in [3.63, 3.8) is 0 Å². The van der Waals surface area contributed by atoms with Crippen molar-refractivity contribution in [2.45, 2.75) is 32.7 Å². The molecule has 0 unspecified atom stereocenters. The van der Waals surface area contributed by atoms with Gasteiger partial charge in [-0.2, -0.15) is 5.10 Å². The van der Waals surface area contributed by atoms with Gasteiger partial charge in [0.2, 0.25) is 0 Å². The predicted octanol–water partition coefficient (Wildman–Crippen LogP) is 2.52. The number of aromatic nitrogens is 2. The maximum absolute atomic E-state index is 12.1. The minimum atomic E-state index is -0.282. The molecule has 2 heterocycles. The number of carbonyl (C=O) groups is 1. The van der Waals surface area contributed by atoms with E-state index in [1.54, 1.807) is 29.1 Å². The molecular formula is C19H19N3O4. The van der Waals surface area contributed by atoms with Gasteiger partial charge in [0.05, 0.1) is 6.20 Å². The molecule has 7 nitrogen and oxygen atoms in total. The van der Waals surface area contributed by atoms with E-state index in [1.165, 1.54) is 0 Å². The summed E-state index contributed by atoms with van der Waals surface area (Å²) in [5.74, 6) is 0.828. The second-order valence-electron chi connectivity index (χ2n) is 6.23. The van der Waals surface area contributed by atoms with Gasteiger partial charge >= 0.3 is 5.63 Å². The summed E-state index contributed by atoms with van der Waals surface area (Å²) in [6.07, 6.45) is 4.28. The fraction of sp³-hybridized carbons (Fsp3) is 0.316. The Bertz CT molecular complexity index is 1030. The van der Waals surface area contributed by atoms with E-state index in [0.717, 1.165) is 35.8 Å². The summed E-state index contributed by atoms with van der Waals surface area (Å²) in [6, 6.07) is 7.08. The molecule has 1 N–H and O–H groups in total. The van der Waals surface area contributed by atoms with Gasteiger partial charge in [0.25, 0.3) is 5.91 Å². The highest BCUT2D eigenvalue weighted by Gasteiger charge is 2.19. The van der Waals surface area contributed by atoms with Crippen LogP contribution in [0.3, 0.4) is 0 Å². The fourth-order valence-corrected chi connectivity index (χ4v) is 3.37. The number of hydrogen-bond donors (Lipinski definition) is 1. The largest absolute Gasteiger partial charge is 0.484 e. The van der Waals surface area contributed by atoms with Crippen LogP contribution < -0.4 is 15.7 Å². The lowest BCUT2D eigenvalue weighted by Crippen LogP contribution is -2.22. The standard InChI is InChI=1S/C19H19N3O4/c1-2-22-17(8-9-20-22)21-18(23)11-25-12-6-7-14-13-4-3-5-15(13)19(24)26-16(14)10-12/h6-10H,2-5,11H2,1H3,(H,21,23). The minimum Gasteiger partial charge on any atom is -0.484 e. The number of benzene rings is 1. The van der Waals surface area contributed by atoms with Gasteiger partial charge in [0, 0.05) is 29.6 Å². The summed E-state index contributed by atoms with van der Waals surface area (Å²) in [7, 11) is 0. The van der Waals surface area contributed by atoms with Crippen LogP contribution in [0.2, 0.25) is 0 Å². The third-order valence-electron chi connectivity index (χ3n) is 4.60. The first-order valence-electron chi connectivity index (χ1n) is 8.69. The lowest BCUT2D eigenvalue weighted by molar-refractivity contribution is -0.118. The van der Waals surface area contributed by atoms with Gasteiger partial charge in [-0.25, -0.2) is 9.48 Å². The average molecular weight is 353 g/mol. The highest BCUT2D eigenvalue weighted by Crippen LogP contribution is 2.29. The van der Waals surface area contributed by atoms with Gasteiger partial charge in [-0.3, -0.25) is 4.79 Å². The molecule has 0 saturated heterocycles. The van der Waals surface area contributed by atoms with Crippen LogP contribution in [0.15, 0.2) is 39.7 Å². The highest BCUT2D eigenvalue weighted by atomic mass is 16.5. The number of ether oxygens (including phenoxy) is 1. The zero-order chi connectivity index (χ0) is 18.1. The summed E-state index contributed by atoms with van der Waals surface area (Å²) >= 11 is 0. The van der Waals surface area contributed by atoms with E-state index in [-0.39, 0.29) is 18.1 Å². The molecule has 0 fully saturated rings. The summed E-state index contributed by atoms with van der Waals surface area (Å²) in [5, 5.41) is 7.80. The number of nitrogens with zero attached hydrogens (tertiary/aromatic N) is 2. The highest BCUT2D eigenvalue weighted by molar-refractivity contribution is 5.91. The van der Waals surface area contributed by atoms with E-state index >= 15 is 0 Å². The van der Waals surface area contributed by atoms with Crippen molar-refractivity contribution in [2.75, 3.05) is 11.9 Å². The van der Waals surface area contributed by atoms with Crippen LogP contribution in [-0.4, -0.2) is 22.3 Å². The van der Waals surface area contributed by atoms with Gasteiger partial charge in [-0.1, -0.05) is 0 Å². The fourth-order valence-electron chi connectivity index (χ4n) is 3.37. The number of carbonyl (C=O) groups excluding carboxylic acids is 1. The molecule has 0 bridgehead atoms. The maximum atomic E-state index is 12.1. The number of rotatable bonds is 5. The van der Waals surface area contributed by atoms with Gasteiger partial charge in [-0.05, 0) is 43.9 Å². The first kappa shape index (κ1) is 16.4. The van der Waals surface area contributed by atoms with Crippen LogP contribution in [0.25, 0.3) is 11.0 Å². The Balaban J connectivity index is 1.48. The van der Waals surface area contributed by atoms with Crippen molar-refractivity contribution >= 4 is 22.7 Å². The third-order valence-corrected chi connectivity index (χ3v) is 4.60. The van der Waals surface area contributed by atoms with Crippen molar-refractivity contribution in [3.05, 3.63) is 52.0 Å². The minimum absolute atomic E-state index is 0.143. The molecule has 0 radical (unpaired) electrons. The molecule has 4 rings (SSSR count). The molecule has 3 aromatic rings. The smallest absolute Gasteiger partial charge is 0.339 e. The van der Waals surface area contributed by atoms with E-state index < -0.39 is 0 Å². The number of amides is 1. The van der Waals surface area contributed by atoms with Crippen molar-refractivity contribution in [3.8, 4) is 5.75 Å². The van der Waals surface area contributed by atoms with Crippen molar-refractivity contribution in [1.29, 1.82) is 0 Å². The van der Waals surface area contributed by atoms with Gasteiger partial charge < -0.3 is 14.5 Å². The average Bonchev–Trinajstić information content (AvgIpc) is 3.29. The first-order valence-corrected chi connectivity index (χ1v) is 8.69. The molecule has 134 valence electrons. The molecule has 1 aromatic carbocycles. The molecule has 26 heavy (non-hydrogen) atoms. The van der Waals surface area contributed by atoms with Crippen LogP contribution in [-0.2, 0) is 24.2 Å². The number of hydrogen-bond acceptors (Lipinski definition) is 5. The van der Waals surface area contributed by atoms with Crippen molar-refractivity contribution in [1.82, 2.24) is 9.78 Å². The third kappa shape index (κ3) is 2.96. The summed E-state index contributed by atoms with van der Waals surface area (Å²) in [6.45, 7) is 2.46. The molecule has 0 aliphatic heterocycles. The van der Waals surface area contributed by atoms with Crippen LogP contribution in [0.4, 0.5) is 5.82 Å². The van der Waals surface area contributed by atoms with Gasteiger partial charge in [-0.15, -0.1) is 0 Å². The Hall–Kier alpha value is -3.09. The topological polar surface area (TPSA) is 86.4 Å². The predicted molar refractivity (Wildman–Crippen MR) is 96.5 cm³/mol. The summed E-state index contributed by atoms with van der Waals surface area (Å²) in [4.78, 5) is 24.1. The normalized spacial score (nSPS) is 13.0. The Labute approximate surface area is 149 Å². The quantitative estimate of drug-likeness (QED) is 0.712. The van der Waals surface area contributed by atoms with E-state index in [4.69, 9.17) is 9.15 Å². The Kier molecular flexibility index (Phi) is 4.20. The monoisotopic (exact) mass is 353 g/mol. The molecule has 2 aromatic heterocycles. The van der Waals surface area contributed by atoms with E-state index in [9.17, 15) is 9.59 Å². The van der Waals surface area contributed by atoms with Gasteiger partial charge in [0.1, 0.15) is 17.2 Å². The van der Waals surface area contributed by atoms with E-state index in [2.05, 4.69) is 10.4 Å². The zero-order valence-electron chi connectivity index (χ0n) is 14.4. The van der Waals surface area contributed by atoms with Crippen LogP contribution >= 0.6 is 0 Å². The molecule has 7 heteroatoms. The molecule has 1 aliphatic rings. The molecule has 1 amide bonds. The van der Waals surface area contributed by atoms with Crippen molar-refractivity contribution < 1.29 is 13.9 Å². The molecule has 0 spiro atoms. The SMILES string of the molecule is CCn1nccc1NC(=O)COc1ccc2c3c(c(=O)oc2c1)CCC3. The molecule has 0 atom stereocenters. The Morgan fingerprint density at radius 2 is 2.15 bits per heavy atom. The van der Waals surface area contributed by atoms with Gasteiger partial charge in [0.15, 0.2) is 6.61 Å². The van der Waals surface area contributed by atoms with E-state index in [1.807, 2.05) is 13.0 Å². The Morgan fingerprint density at radius 3 is 3.00 bits per heavy atom. The number of aryl methyl sites for hydroxylation is 2. The van der Waals surface area contributed by atoms with E-state index in [0.29, 0.717) is 23.7 Å². The number of anilines is 1. The maximum Gasteiger partial charge on any atom is 0.339 e. The second kappa shape index (κ2) is 6.67. The molecule has 0 saturated carbocycles. The molecule has 1 aliphatic carbocycles. The van der Waals surface area contributed by atoms with Crippen LogP contribution in [0, 0.1) is 0 Å². The zero-order valence-corrected chi connectivity index (χ0v) is 14.4. The number of nitrogens with one attached hydrogen (secondary N) is 1. The first-order chi connectivity index (χ1) is 12.7. The second-order valence-corrected chi connectivity index (χ2v) is 6.23. The Morgan fingerprint density at radius 1 is 1.31 bits per heavy atom. The lowest BCUT2D eigenvalue weighted by atomic mass is 10.1.